The molecule has 0 unspecified atom stereocenters. The Balaban J connectivity index is 0. The Hall–Kier alpha value is 1.08. The van der Waals surface area contributed by atoms with E-state index in [2.05, 4.69) is 0 Å². The van der Waals surface area contributed by atoms with Gasteiger partial charge in [-0.25, -0.2) is 0 Å². The van der Waals surface area contributed by atoms with Crippen LogP contribution < -0.4 is 18.8 Å². The van der Waals surface area contributed by atoms with Crippen molar-refractivity contribution < 1.29 is 60.1 Å². The minimum Gasteiger partial charge on any atom is -1.00 e. The molecule has 0 amide bonds. The van der Waals surface area contributed by atoms with Gasteiger partial charge in [0.05, 0.1) is 0 Å². The van der Waals surface area contributed by atoms with E-state index in [1.165, 1.54) is 0 Å². The summed E-state index contributed by atoms with van der Waals surface area (Å²) in [4.78, 5) is 0. The molecule has 0 atom stereocenters. The van der Waals surface area contributed by atoms with Crippen LogP contribution in [0.5, 0.6) is 0 Å². The van der Waals surface area contributed by atoms with E-state index >= 15 is 0 Å². The molecule has 0 fully saturated rings. The van der Waals surface area contributed by atoms with Crippen LogP contribution in [0.15, 0.2) is 0 Å². The fraction of sp³-hybridized carbons (Fsp3) is 0. The zero-order chi connectivity index (χ0) is 0. The molecule has 0 rings (SSSR count). The third-order valence-corrected chi connectivity index (χ3v) is 0. The van der Waals surface area contributed by atoms with Gasteiger partial charge in [-0.1, -0.05) is 0 Å². The molecule has 5 heteroatoms. The van der Waals surface area contributed by atoms with E-state index in [1.807, 2.05) is 0 Å². The van der Waals surface area contributed by atoms with Crippen LogP contribution in [0.25, 0.3) is 0 Å². The van der Waals surface area contributed by atoms with Crippen molar-refractivity contribution in [3.8, 4) is 0 Å². The summed E-state index contributed by atoms with van der Waals surface area (Å²) in [6, 6.07) is 0. The van der Waals surface area contributed by atoms with Crippen molar-refractivity contribution in [3.05, 3.63) is 0 Å². The van der Waals surface area contributed by atoms with Crippen LogP contribution >= 0.6 is 0 Å². The van der Waals surface area contributed by atoms with Crippen molar-refractivity contribution in [1.82, 2.24) is 0 Å². The maximum atomic E-state index is 0. The SMILES string of the molecule is [F-].[F-].[F-].[F-].[Pr+3]. The van der Waals surface area contributed by atoms with E-state index in [1.54, 1.807) is 0 Å². The van der Waals surface area contributed by atoms with E-state index in [-0.39, 0.29) is 60.1 Å². The van der Waals surface area contributed by atoms with Gasteiger partial charge in [0.15, 0.2) is 0 Å². The van der Waals surface area contributed by atoms with E-state index in [0.29, 0.717) is 0 Å². The van der Waals surface area contributed by atoms with Gasteiger partial charge in [0.25, 0.3) is 0 Å². The average Bonchev–Trinajstić information content (AvgIpc) is 0. The van der Waals surface area contributed by atoms with Crippen LogP contribution in [0.3, 0.4) is 0 Å². The molecule has 0 aromatic heterocycles. The van der Waals surface area contributed by atoms with Crippen LogP contribution in [0.1, 0.15) is 0 Å². The van der Waals surface area contributed by atoms with E-state index in [0.717, 1.165) is 0 Å². The normalized spacial score (nSPS) is 0. The zero-order valence-electron chi connectivity index (χ0n) is 2.09. The Bertz CT molecular complexity index is 3.61. The van der Waals surface area contributed by atoms with Crippen molar-refractivity contribution in [2.24, 2.45) is 0 Å². The van der Waals surface area contributed by atoms with Gasteiger partial charge in [0.2, 0.25) is 0 Å². The number of hydrogen-bond donors (Lipinski definition) is 0. The van der Waals surface area contributed by atoms with Crippen molar-refractivity contribution in [1.29, 1.82) is 0 Å². The molecule has 0 spiro atoms. The van der Waals surface area contributed by atoms with Crippen LogP contribution in [0.2, 0.25) is 0 Å². The molecular formula is F4Pr-. The Kier molecular flexibility index (Phi) is 1930. The molecule has 0 aliphatic heterocycles. The van der Waals surface area contributed by atoms with Gasteiger partial charge in [0, 0.05) is 0 Å². The molecule has 0 aromatic carbocycles. The number of hydrogen-bond acceptors (Lipinski definition) is 0. The molecule has 0 nitrogen and oxygen atoms in total. The van der Waals surface area contributed by atoms with Crippen molar-refractivity contribution in [3.63, 3.8) is 0 Å². The smallest absolute Gasteiger partial charge is 1.00 e. The first kappa shape index (κ1) is 134. The first-order chi connectivity index (χ1) is 0. The molecule has 0 radical (unpaired) electrons. The Morgan fingerprint density at radius 1 is 0.400 bits per heavy atom. The first-order valence-corrected chi connectivity index (χ1v) is 0. The standard InChI is InChI=1S/4FH.Pr/h4*1H;/q;;;;+3/p-4. The summed E-state index contributed by atoms with van der Waals surface area (Å²) in [5.74, 6) is 0. The number of rotatable bonds is 0. The monoisotopic (exact) mass is 217 g/mol. The van der Waals surface area contributed by atoms with Gasteiger partial charge >= 0.3 is 41.3 Å². The summed E-state index contributed by atoms with van der Waals surface area (Å²) in [6.45, 7) is 0. The maximum absolute atomic E-state index is 0. The molecule has 0 saturated carbocycles. The largest absolute Gasteiger partial charge is 3.00 e. The summed E-state index contributed by atoms with van der Waals surface area (Å²) in [5, 5.41) is 0. The molecule has 0 aromatic rings. The fourth-order valence-corrected chi connectivity index (χ4v) is 0. The van der Waals surface area contributed by atoms with E-state index in [9.17, 15) is 0 Å². The third kappa shape index (κ3) is 41.2. The summed E-state index contributed by atoms with van der Waals surface area (Å²) < 4.78 is 0. The van der Waals surface area contributed by atoms with Crippen molar-refractivity contribution >= 4 is 0 Å². The van der Waals surface area contributed by atoms with Crippen LogP contribution in [-0.4, -0.2) is 0 Å². The van der Waals surface area contributed by atoms with Gasteiger partial charge in [-0.2, -0.15) is 0 Å². The summed E-state index contributed by atoms with van der Waals surface area (Å²) in [7, 11) is 0. The van der Waals surface area contributed by atoms with E-state index in [4.69, 9.17) is 0 Å². The van der Waals surface area contributed by atoms with Gasteiger partial charge in [-0.05, 0) is 0 Å². The second-order valence-corrected chi connectivity index (χ2v) is 0. The topological polar surface area (TPSA) is 0 Å². The predicted molar refractivity (Wildman–Crippen MR) is 0 cm³/mol. The molecule has 0 heterocycles. The second-order valence-electron chi connectivity index (χ2n) is 0. The summed E-state index contributed by atoms with van der Waals surface area (Å²) >= 11 is 0. The Labute approximate surface area is 59.7 Å². The molecule has 32 valence electrons. The van der Waals surface area contributed by atoms with Crippen LogP contribution in [0, 0.1) is 41.3 Å². The zero-order valence-corrected chi connectivity index (χ0v) is 5.79. The second kappa shape index (κ2) is 72.2. The Morgan fingerprint density at radius 2 is 0.400 bits per heavy atom. The molecular weight excluding hydrogens is 217 g/mol. The predicted octanol–water partition coefficient (Wildman–Crippen LogP) is -12.0. The molecule has 0 aliphatic rings. The maximum Gasteiger partial charge on any atom is 3.00 e. The van der Waals surface area contributed by atoms with Gasteiger partial charge in [-0.15, -0.1) is 0 Å². The minimum absolute atomic E-state index is 0. The molecule has 0 N–H and O–H groups in total. The average molecular weight is 217 g/mol. The third-order valence-electron chi connectivity index (χ3n) is 0. The summed E-state index contributed by atoms with van der Waals surface area (Å²) in [6.07, 6.45) is 0. The van der Waals surface area contributed by atoms with Crippen LogP contribution in [0.4, 0.5) is 0 Å². The van der Waals surface area contributed by atoms with Gasteiger partial charge in [-0.3, -0.25) is 0 Å². The van der Waals surface area contributed by atoms with Gasteiger partial charge in [0.1, 0.15) is 0 Å². The first-order valence-electron chi connectivity index (χ1n) is 0. The molecule has 0 saturated heterocycles. The number of halogens is 4. The molecule has 0 bridgehead atoms. The molecule has 5 heavy (non-hydrogen) atoms. The van der Waals surface area contributed by atoms with Crippen LogP contribution in [-0.2, 0) is 0 Å². The van der Waals surface area contributed by atoms with Gasteiger partial charge < -0.3 is 18.8 Å². The van der Waals surface area contributed by atoms with E-state index < -0.39 is 0 Å². The fourth-order valence-electron chi connectivity index (χ4n) is 0. The van der Waals surface area contributed by atoms with Crippen molar-refractivity contribution in [2.75, 3.05) is 0 Å². The summed E-state index contributed by atoms with van der Waals surface area (Å²) in [5.41, 5.74) is 0. The van der Waals surface area contributed by atoms with Crippen molar-refractivity contribution in [2.45, 2.75) is 0 Å². The quantitative estimate of drug-likeness (QED) is 0.353. The molecule has 0 aliphatic carbocycles. The Morgan fingerprint density at radius 3 is 0.400 bits per heavy atom. The minimum atomic E-state index is 0.